The van der Waals surface area contributed by atoms with Crippen molar-refractivity contribution >= 4 is 17.4 Å². The van der Waals surface area contributed by atoms with Crippen LogP contribution in [0.4, 0.5) is 5.82 Å². The molecule has 0 N–H and O–H groups in total. The Balaban J connectivity index is 1.81. The molecule has 1 saturated heterocycles. The standard InChI is InChI=1S/C18H15ClN4/c19-16-10-14(11-20)12-22-17(16)23-8-6-18(13-21,7-9-23)15-4-2-1-3-5-15/h1-5,10,12H,6-9H2. The summed E-state index contributed by atoms with van der Waals surface area (Å²) in [7, 11) is 0. The molecule has 0 aliphatic carbocycles. The van der Waals surface area contributed by atoms with Crippen molar-refractivity contribution in [2.75, 3.05) is 18.0 Å². The van der Waals surface area contributed by atoms with Crippen LogP contribution in [0.2, 0.25) is 5.02 Å². The van der Waals surface area contributed by atoms with Crippen LogP contribution < -0.4 is 4.90 Å². The molecule has 0 unspecified atom stereocenters. The lowest BCUT2D eigenvalue weighted by atomic mass is 9.74. The number of piperidine rings is 1. The van der Waals surface area contributed by atoms with Gasteiger partial charge in [-0.2, -0.15) is 10.5 Å². The molecule has 0 radical (unpaired) electrons. The van der Waals surface area contributed by atoms with Crippen LogP contribution in [-0.4, -0.2) is 18.1 Å². The number of aromatic nitrogens is 1. The highest BCUT2D eigenvalue weighted by atomic mass is 35.5. The molecule has 2 heterocycles. The van der Waals surface area contributed by atoms with Crippen LogP contribution in [0.3, 0.4) is 0 Å². The zero-order chi connectivity index (χ0) is 16.3. The molecule has 1 aliphatic rings. The molecule has 0 atom stereocenters. The largest absolute Gasteiger partial charge is 0.355 e. The highest BCUT2D eigenvalue weighted by molar-refractivity contribution is 6.33. The zero-order valence-corrected chi connectivity index (χ0v) is 13.3. The van der Waals surface area contributed by atoms with E-state index in [1.807, 2.05) is 36.4 Å². The normalized spacial score (nSPS) is 16.4. The predicted molar refractivity (Wildman–Crippen MR) is 89.1 cm³/mol. The third-order valence-corrected chi connectivity index (χ3v) is 4.69. The van der Waals surface area contributed by atoms with Gasteiger partial charge in [0, 0.05) is 19.3 Å². The summed E-state index contributed by atoms with van der Waals surface area (Å²) in [5.74, 6) is 0.685. The van der Waals surface area contributed by atoms with Crippen LogP contribution in [0.15, 0.2) is 42.6 Å². The van der Waals surface area contributed by atoms with Crippen LogP contribution in [0, 0.1) is 22.7 Å². The maximum atomic E-state index is 9.73. The molecule has 5 heteroatoms. The van der Waals surface area contributed by atoms with E-state index in [0.717, 1.165) is 18.4 Å². The van der Waals surface area contributed by atoms with E-state index in [1.165, 1.54) is 6.20 Å². The van der Waals surface area contributed by atoms with Crippen LogP contribution in [0.5, 0.6) is 0 Å². The minimum atomic E-state index is -0.448. The van der Waals surface area contributed by atoms with Gasteiger partial charge in [-0.1, -0.05) is 41.9 Å². The average molecular weight is 323 g/mol. The van der Waals surface area contributed by atoms with E-state index in [1.54, 1.807) is 6.07 Å². The van der Waals surface area contributed by atoms with Gasteiger partial charge < -0.3 is 4.90 Å². The Morgan fingerprint density at radius 3 is 2.39 bits per heavy atom. The van der Waals surface area contributed by atoms with Crippen LogP contribution in [-0.2, 0) is 5.41 Å². The molecule has 1 aliphatic heterocycles. The van der Waals surface area contributed by atoms with Gasteiger partial charge in [-0.3, -0.25) is 0 Å². The Kier molecular flexibility index (Phi) is 4.19. The van der Waals surface area contributed by atoms with Crippen molar-refractivity contribution in [2.45, 2.75) is 18.3 Å². The topological polar surface area (TPSA) is 63.7 Å². The minimum absolute atomic E-state index is 0.448. The van der Waals surface area contributed by atoms with E-state index in [0.29, 0.717) is 29.5 Å². The van der Waals surface area contributed by atoms with E-state index in [4.69, 9.17) is 16.9 Å². The highest BCUT2D eigenvalue weighted by Gasteiger charge is 2.37. The van der Waals surface area contributed by atoms with Crippen molar-refractivity contribution in [1.29, 1.82) is 10.5 Å². The maximum Gasteiger partial charge on any atom is 0.147 e. The van der Waals surface area contributed by atoms with Gasteiger partial charge >= 0.3 is 0 Å². The van der Waals surface area contributed by atoms with Crippen molar-refractivity contribution in [2.24, 2.45) is 0 Å². The molecular formula is C18H15ClN4. The van der Waals surface area contributed by atoms with Gasteiger partial charge in [0.25, 0.3) is 0 Å². The fraction of sp³-hybridized carbons (Fsp3) is 0.278. The number of hydrogen-bond acceptors (Lipinski definition) is 4. The summed E-state index contributed by atoms with van der Waals surface area (Å²) < 4.78 is 0. The molecule has 1 fully saturated rings. The van der Waals surface area contributed by atoms with Gasteiger partial charge in [-0.25, -0.2) is 4.98 Å². The molecule has 3 rings (SSSR count). The number of anilines is 1. The minimum Gasteiger partial charge on any atom is -0.355 e. The summed E-state index contributed by atoms with van der Waals surface area (Å²) in [6.45, 7) is 1.42. The van der Waals surface area contributed by atoms with Gasteiger partial charge in [-0.15, -0.1) is 0 Å². The first-order chi connectivity index (χ1) is 11.2. The highest BCUT2D eigenvalue weighted by Crippen LogP contribution is 2.37. The molecule has 0 amide bonds. The Labute approximate surface area is 140 Å². The Morgan fingerprint density at radius 2 is 1.83 bits per heavy atom. The zero-order valence-electron chi connectivity index (χ0n) is 12.5. The summed E-state index contributed by atoms with van der Waals surface area (Å²) >= 11 is 6.24. The van der Waals surface area contributed by atoms with Crippen molar-refractivity contribution in [1.82, 2.24) is 4.98 Å². The van der Waals surface area contributed by atoms with Gasteiger partial charge in [0.15, 0.2) is 0 Å². The second kappa shape index (κ2) is 6.28. The van der Waals surface area contributed by atoms with E-state index in [9.17, 15) is 5.26 Å². The number of halogens is 1. The molecule has 2 aromatic rings. The number of nitriles is 2. The molecule has 1 aromatic heterocycles. The molecule has 4 nitrogen and oxygen atoms in total. The first-order valence-corrected chi connectivity index (χ1v) is 7.84. The van der Waals surface area contributed by atoms with E-state index < -0.39 is 5.41 Å². The molecule has 0 spiro atoms. The lowest BCUT2D eigenvalue weighted by Gasteiger charge is -2.38. The number of hydrogen-bond donors (Lipinski definition) is 0. The summed E-state index contributed by atoms with van der Waals surface area (Å²) in [5, 5.41) is 19.1. The van der Waals surface area contributed by atoms with Crippen molar-refractivity contribution < 1.29 is 0 Å². The van der Waals surface area contributed by atoms with Crippen LogP contribution in [0.1, 0.15) is 24.0 Å². The summed E-state index contributed by atoms with van der Waals surface area (Å²) in [5.41, 5.74) is 1.07. The van der Waals surface area contributed by atoms with Gasteiger partial charge in [0.1, 0.15) is 11.9 Å². The third kappa shape index (κ3) is 2.86. The molecule has 0 bridgehead atoms. The predicted octanol–water partition coefficient (Wildman–Crippen LogP) is 3.67. The quantitative estimate of drug-likeness (QED) is 0.846. The SMILES string of the molecule is N#Cc1cnc(N2CCC(C#N)(c3ccccc3)CC2)c(Cl)c1. The summed E-state index contributed by atoms with van der Waals surface area (Å²) in [6, 6.07) is 16.1. The van der Waals surface area contributed by atoms with E-state index >= 15 is 0 Å². The monoisotopic (exact) mass is 322 g/mol. The van der Waals surface area contributed by atoms with Gasteiger partial charge in [-0.05, 0) is 24.5 Å². The van der Waals surface area contributed by atoms with Crippen LogP contribution in [0.25, 0.3) is 0 Å². The molecule has 0 saturated carbocycles. The molecule has 114 valence electrons. The average Bonchev–Trinajstić information content (AvgIpc) is 2.62. The van der Waals surface area contributed by atoms with Crippen LogP contribution >= 0.6 is 11.6 Å². The van der Waals surface area contributed by atoms with Gasteiger partial charge in [0.2, 0.25) is 0 Å². The Hall–Kier alpha value is -2.56. The number of rotatable bonds is 2. The first kappa shape index (κ1) is 15.3. The second-order valence-electron chi connectivity index (χ2n) is 5.69. The molecule has 1 aromatic carbocycles. The third-order valence-electron chi connectivity index (χ3n) is 4.41. The lowest BCUT2D eigenvalue weighted by Crippen LogP contribution is -2.42. The van der Waals surface area contributed by atoms with E-state index in [-0.39, 0.29) is 0 Å². The van der Waals surface area contributed by atoms with E-state index in [2.05, 4.69) is 16.0 Å². The van der Waals surface area contributed by atoms with Crippen molar-refractivity contribution in [3.63, 3.8) is 0 Å². The fourth-order valence-electron chi connectivity index (χ4n) is 3.05. The van der Waals surface area contributed by atoms with Crippen molar-refractivity contribution in [3.05, 3.63) is 58.7 Å². The molecular weight excluding hydrogens is 308 g/mol. The summed E-state index contributed by atoms with van der Waals surface area (Å²) in [4.78, 5) is 6.39. The Bertz CT molecular complexity index is 781. The smallest absolute Gasteiger partial charge is 0.147 e. The maximum absolute atomic E-state index is 9.73. The number of pyridine rings is 1. The fourth-order valence-corrected chi connectivity index (χ4v) is 3.33. The summed E-state index contributed by atoms with van der Waals surface area (Å²) in [6.07, 6.45) is 2.99. The van der Waals surface area contributed by atoms with Gasteiger partial charge in [0.05, 0.1) is 22.1 Å². The first-order valence-electron chi connectivity index (χ1n) is 7.46. The Morgan fingerprint density at radius 1 is 1.13 bits per heavy atom. The number of nitrogens with zero attached hydrogens (tertiary/aromatic N) is 4. The lowest BCUT2D eigenvalue weighted by molar-refractivity contribution is 0.414. The molecule has 23 heavy (non-hydrogen) atoms. The second-order valence-corrected chi connectivity index (χ2v) is 6.10. The number of benzene rings is 1. The van der Waals surface area contributed by atoms with Crippen molar-refractivity contribution in [3.8, 4) is 12.1 Å².